The van der Waals surface area contributed by atoms with Gasteiger partial charge in [0.25, 0.3) is 0 Å². The molecule has 0 amide bonds. The van der Waals surface area contributed by atoms with Crippen molar-refractivity contribution in [2.45, 2.75) is 0 Å². The predicted octanol–water partition coefficient (Wildman–Crippen LogP) is 16.8. The molecular weight excluding hydrogens is 757 g/mol. The lowest BCUT2D eigenvalue weighted by molar-refractivity contribution is 1.18. The minimum atomic E-state index is 1.09. The second-order valence-corrected chi connectivity index (χ2v) is 16.8. The number of rotatable bonds is 7. The molecule has 0 aliphatic heterocycles. The average molecular weight is 795 g/mol. The summed E-state index contributed by atoms with van der Waals surface area (Å²) in [6.07, 6.45) is 0. The molecule has 0 aliphatic rings. The molecule has 2 heterocycles. The van der Waals surface area contributed by atoms with E-state index in [0.29, 0.717) is 0 Å². The van der Waals surface area contributed by atoms with Crippen LogP contribution in [-0.2, 0) is 0 Å². The van der Waals surface area contributed by atoms with Crippen molar-refractivity contribution in [3.8, 4) is 39.1 Å². The lowest BCUT2D eigenvalue weighted by Gasteiger charge is -2.28. The number of hydrogen-bond acceptors (Lipinski definition) is 2. The van der Waals surface area contributed by atoms with Crippen LogP contribution in [0.3, 0.4) is 0 Å². The fraction of sp³-hybridized carbons (Fsp3) is 0. The molecule has 286 valence electrons. The van der Waals surface area contributed by atoms with Crippen molar-refractivity contribution in [3.05, 3.63) is 231 Å². The van der Waals surface area contributed by atoms with Gasteiger partial charge < -0.3 is 9.47 Å². The summed E-state index contributed by atoms with van der Waals surface area (Å²) in [4.78, 5) is 2.42. The number of benzene rings is 10. The Balaban J connectivity index is 0.979. The zero-order valence-corrected chi connectivity index (χ0v) is 34.1. The van der Waals surface area contributed by atoms with Crippen molar-refractivity contribution >= 4 is 81.1 Å². The first-order valence-corrected chi connectivity index (χ1v) is 21.6. The summed E-state index contributed by atoms with van der Waals surface area (Å²) in [5.74, 6) is 0. The standard InChI is InChI=1S/C58H38N2S/c1-2-14-42-37-44(28-27-39(42)13-1)41-31-35-46(36-32-41)59(54-23-7-5-19-50(54)52-21-12-22-53-51-20-6-10-26-57(51)61-58(52)53)45-33-29-40(30-34-45)43-15-11-16-47(38-43)60-55-24-8-3-17-48(55)49-18-4-9-25-56(49)60/h1-38H. The monoisotopic (exact) mass is 794 g/mol. The van der Waals surface area contributed by atoms with E-state index in [2.05, 4.69) is 240 Å². The van der Waals surface area contributed by atoms with Crippen LogP contribution in [0.15, 0.2) is 231 Å². The maximum atomic E-state index is 2.42. The van der Waals surface area contributed by atoms with Crippen LogP contribution in [0.2, 0.25) is 0 Å². The molecule has 10 aromatic carbocycles. The third kappa shape index (κ3) is 6.01. The molecule has 0 bridgehead atoms. The van der Waals surface area contributed by atoms with Crippen molar-refractivity contribution in [1.29, 1.82) is 0 Å². The van der Waals surface area contributed by atoms with E-state index in [-0.39, 0.29) is 0 Å². The number of thiophene rings is 1. The summed E-state index contributed by atoms with van der Waals surface area (Å²) in [5.41, 5.74) is 14.1. The average Bonchev–Trinajstić information content (AvgIpc) is 3.88. The molecule has 2 aromatic heterocycles. The molecule has 2 nitrogen and oxygen atoms in total. The summed E-state index contributed by atoms with van der Waals surface area (Å²) in [7, 11) is 0. The highest BCUT2D eigenvalue weighted by Crippen LogP contribution is 2.46. The number of nitrogens with zero attached hydrogens (tertiary/aromatic N) is 2. The maximum absolute atomic E-state index is 2.42. The van der Waals surface area contributed by atoms with Crippen LogP contribution in [0.1, 0.15) is 0 Å². The Kier molecular flexibility index (Phi) is 8.39. The molecule has 61 heavy (non-hydrogen) atoms. The van der Waals surface area contributed by atoms with Crippen LogP contribution in [-0.4, -0.2) is 4.57 Å². The third-order valence-corrected chi connectivity index (χ3v) is 13.4. The molecule has 0 saturated carbocycles. The lowest BCUT2D eigenvalue weighted by atomic mass is 9.98. The van der Waals surface area contributed by atoms with Gasteiger partial charge in [-0.3, -0.25) is 0 Å². The van der Waals surface area contributed by atoms with Crippen LogP contribution in [0.25, 0.3) is 91.8 Å². The molecule has 0 radical (unpaired) electrons. The van der Waals surface area contributed by atoms with Gasteiger partial charge in [0, 0.05) is 59.1 Å². The molecule has 0 aliphatic carbocycles. The Labute approximate surface area is 358 Å². The van der Waals surface area contributed by atoms with Gasteiger partial charge in [0.05, 0.1) is 16.7 Å². The van der Waals surface area contributed by atoms with Crippen LogP contribution < -0.4 is 4.90 Å². The Morgan fingerprint density at radius 1 is 0.344 bits per heavy atom. The zero-order chi connectivity index (χ0) is 40.3. The van der Waals surface area contributed by atoms with Gasteiger partial charge >= 0.3 is 0 Å². The molecule has 0 unspecified atom stereocenters. The highest BCUT2D eigenvalue weighted by atomic mass is 32.1. The minimum Gasteiger partial charge on any atom is -0.310 e. The highest BCUT2D eigenvalue weighted by Gasteiger charge is 2.20. The van der Waals surface area contributed by atoms with Crippen LogP contribution in [0.5, 0.6) is 0 Å². The normalized spacial score (nSPS) is 11.6. The SMILES string of the molecule is c1cc(-c2ccc(N(c3ccc(-c4ccc5ccccc5c4)cc3)c3ccccc3-c3cccc4c3sc3ccccc34)cc2)cc(-n2c3ccccc3c3ccccc32)c1. The number of fused-ring (bicyclic) bond motifs is 7. The van der Waals surface area contributed by atoms with E-state index in [9.17, 15) is 0 Å². The van der Waals surface area contributed by atoms with Gasteiger partial charge in [-0.15, -0.1) is 11.3 Å². The summed E-state index contributed by atoms with van der Waals surface area (Å²) >= 11 is 1.88. The molecule has 0 fully saturated rings. The summed E-state index contributed by atoms with van der Waals surface area (Å²) < 4.78 is 5.00. The van der Waals surface area contributed by atoms with Crippen molar-refractivity contribution in [3.63, 3.8) is 0 Å². The largest absolute Gasteiger partial charge is 0.310 e. The topological polar surface area (TPSA) is 8.17 Å². The van der Waals surface area contributed by atoms with Gasteiger partial charge in [-0.1, -0.05) is 164 Å². The molecule has 12 aromatic rings. The van der Waals surface area contributed by atoms with Gasteiger partial charge in [0.2, 0.25) is 0 Å². The van der Waals surface area contributed by atoms with Gasteiger partial charge in [-0.05, 0) is 99.8 Å². The maximum Gasteiger partial charge on any atom is 0.0541 e. The second-order valence-electron chi connectivity index (χ2n) is 15.7. The van der Waals surface area contributed by atoms with Gasteiger partial charge in [0.15, 0.2) is 0 Å². The molecule has 12 rings (SSSR count). The van der Waals surface area contributed by atoms with Gasteiger partial charge in [0.1, 0.15) is 0 Å². The summed E-state index contributed by atoms with van der Waals surface area (Å²) in [6, 6.07) is 84.2. The Morgan fingerprint density at radius 3 is 1.62 bits per heavy atom. The number of aromatic nitrogens is 1. The molecule has 0 N–H and O–H groups in total. The first-order valence-electron chi connectivity index (χ1n) is 20.8. The Morgan fingerprint density at radius 2 is 0.885 bits per heavy atom. The van der Waals surface area contributed by atoms with Gasteiger partial charge in [-0.2, -0.15) is 0 Å². The van der Waals surface area contributed by atoms with Crippen molar-refractivity contribution in [2.75, 3.05) is 4.90 Å². The van der Waals surface area contributed by atoms with E-state index in [4.69, 9.17) is 0 Å². The Hall–Kier alpha value is -7.72. The minimum absolute atomic E-state index is 1.09. The third-order valence-electron chi connectivity index (χ3n) is 12.2. The first-order chi connectivity index (χ1) is 30.2. The lowest BCUT2D eigenvalue weighted by Crippen LogP contribution is -2.11. The van der Waals surface area contributed by atoms with E-state index in [1.807, 2.05) is 11.3 Å². The van der Waals surface area contributed by atoms with Crippen molar-refractivity contribution < 1.29 is 0 Å². The number of para-hydroxylation sites is 3. The van der Waals surface area contributed by atoms with Crippen molar-refractivity contribution in [2.24, 2.45) is 0 Å². The number of anilines is 3. The fourth-order valence-electron chi connectivity index (χ4n) is 9.28. The molecule has 0 atom stereocenters. The van der Waals surface area contributed by atoms with E-state index in [1.54, 1.807) is 0 Å². The molecule has 0 spiro atoms. The van der Waals surface area contributed by atoms with E-state index >= 15 is 0 Å². The molecule has 3 heteroatoms. The van der Waals surface area contributed by atoms with E-state index in [0.717, 1.165) is 22.7 Å². The Bertz CT molecular complexity index is 3540. The van der Waals surface area contributed by atoms with E-state index in [1.165, 1.54) is 86.1 Å². The summed E-state index contributed by atoms with van der Waals surface area (Å²) in [6.45, 7) is 0. The second kappa shape index (κ2) is 14.5. The zero-order valence-electron chi connectivity index (χ0n) is 33.2. The molecule has 0 saturated heterocycles. The predicted molar refractivity (Wildman–Crippen MR) is 262 cm³/mol. The first kappa shape index (κ1) is 35.2. The van der Waals surface area contributed by atoms with Gasteiger partial charge in [-0.25, -0.2) is 0 Å². The molecular formula is C58H38N2S. The van der Waals surface area contributed by atoms with Crippen LogP contribution in [0.4, 0.5) is 17.1 Å². The quantitative estimate of drug-likeness (QED) is 0.156. The fourth-order valence-corrected chi connectivity index (χ4v) is 10.5. The number of hydrogen-bond donors (Lipinski definition) is 0. The van der Waals surface area contributed by atoms with Crippen LogP contribution >= 0.6 is 11.3 Å². The smallest absolute Gasteiger partial charge is 0.0541 e. The van der Waals surface area contributed by atoms with Crippen LogP contribution in [0, 0.1) is 0 Å². The summed E-state index contributed by atoms with van der Waals surface area (Å²) in [5, 5.41) is 7.63. The highest BCUT2D eigenvalue weighted by molar-refractivity contribution is 7.26. The van der Waals surface area contributed by atoms with Crippen molar-refractivity contribution in [1.82, 2.24) is 4.57 Å². The van der Waals surface area contributed by atoms with E-state index < -0.39 is 0 Å².